The quantitative estimate of drug-likeness (QED) is 0.490. The average Bonchev–Trinajstić information content (AvgIpc) is 2.71. The lowest BCUT2D eigenvalue weighted by Crippen LogP contribution is -1.97. The fraction of sp³-hybridized carbons (Fsp3) is 0.286. The molecule has 0 amide bonds. The maximum Gasteiger partial charge on any atom is 0.330 e. The summed E-state index contributed by atoms with van der Waals surface area (Å²) in [7, 11) is 4.52. The van der Waals surface area contributed by atoms with Gasteiger partial charge in [0.2, 0.25) is 5.75 Å². The number of carboxylic acid groups (broad SMARTS) is 1. The van der Waals surface area contributed by atoms with Crippen molar-refractivity contribution in [2.75, 3.05) is 21.3 Å². The number of allylic oxidation sites excluding steroid dienone is 1. The molecule has 2 aromatic rings. The number of carbonyl (C=O) groups is 1. The Hall–Kier alpha value is -3.55. The second kappa shape index (κ2) is 9.59. The maximum absolute atomic E-state index is 11.0. The van der Waals surface area contributed by atoms with Gasteiger partial charge in [-0.2, -0.15) is 5.11 Å². The van der Waals surface area contributed by atoms with Crippen LogP contribution < -0.4 is 14.2 Å². The highest BCUT2D eigenvalue weighted by molar-refractivity contribution is 5.85. The van der Waals surface area contributed by atoms with Crippen molar-refractivity contribution in [3.63, 3.8) is 0 Å². The van der Waals surface area contributed by atoms with Gasteiger partial charge in [0.1, 0.15) is 11.4 Å². The van der Waals surface area contributed by atoms with E-state index in [-0.39, 0.29) is 23.4 Å². The van der Waals surface area contributed by atoms with E-state index in [4.69, 9.17) is 19.3 Å². The minimum Gasteiger partial charge on any atom is -0.505 e. The molecule has 0 aliphatic carbocycles. The van der Waals surface area contributed by atoms with Gasteiger partial charge in [-0.15, -0.1) is 5.11 Å². The number of rotatable bonds is 8. The van der Waals surface area contributed by atoms with Crippen LogP contribution in [0.3, 0.4) is 0 Å². The molecule has 2 N–H and O–H groups in total. The van der Waals surface area contributed by atoms with E-state index in [9.17, 15) is 9.90 Å². The Bertz CT molecular complexity index is 941. The number of hydrogen-bond donors (Lipinski definition) is 2. The van der Waals surface area contributed by atoms with E-state index in [1.165, 1.54) is 34.3 Å². The zero-order valence-electron chi connectivity index (χ0n) is 17.0. The number of aromatic hydroxyl groups is 1. The fourth-order valence-corrected chi connectivity index (χ4v) is 2.65. The summed E-state index contributed by atoms with van der Waals surface area (Å²) >= 11 is 0. The smallest absolute Gasteiger partial charge is 0.330 e. The number of carboxylic acids is 1. The van der Waals surface area contributed by atoms with E-state index in [1.54, 1.807) is 24.3 Å². The van der Waals surface area contributed by atoms with Gasteiger partial charge in [-0.1, -0.05) is 12.1 Å². The van der Waals surface area contributed by atoms with Crippen LogP contribution in [0.4, 0.5) is 11.4 Å². The van der Waals surface area contributed by atoms with Gasteiger partial charge in [0.05, 0.1) is 27.0 Å². The number of phenolic OH excluding ortho intramolecular Hbond substituents is 1. The average molecular weight is 400 g/mol. The lowest BCUT2D eigenvalue weighted by atomic mass is 10.0. The van der Waals surface area contributed by atoms with Crippen molar-refractivity contribution in [1.29, 1.82) is 0 Å². The lowest BCUT2D eigenvalue weighted by Gasteiger charge is -2.12. The third-order valence-electron chi connectivity index (χ3n) is 4.20. The Balaban J connectivity index is 2.40. The molecule has 0 saturated heterocycles. The zero-order valence-corrected chi connectivity index (χ0v) is 17.0. The minimum atomic E-state index is -1.00. The number of nitrogens with zero attached hydrogens (tertiary/aromatic N) is 2. The van der Waals surface area contributed by atoms with Crippen molar-refractivity contribution in [2.24, 2.45) is 10.2 Å². The molecule has 0 saturated carbocycles. The van der Waals surface area contributed by atoms with E-state index in [1.807, 2.05) is 6.92 Å². The summed E-state index contributed by atoms with van der Waals surface area (Å²) in [6.07, 6.45) is 1.80. The van der Waals surface area contributed by atoms with Gasteiger partial charge in [0.25, 0.3) is 0 Å². The first-order valence-electron chi connectivity index (χ1n) is 8.75. The van der Waals surface area contributed by atoms with Gasteiger partial charge < -0.3 is 24.4 Å². The summed E-state index contributed by atoms with van der Waals surface area (Å²) in [4.78, 5) is 11.0. The summed E-state index contributed by atoms with van der Waals surface area (Å²) < 4.78 is 15.9. The van der Waals surface area contributed by atoms with Crippen LogP contribution >= 0.6 is 0 Å². The van der Waals surface area contributed by atoms with E-state index in [2.05, 4.69) is 10.2 Å². The van der Waals surface area contributed by atoms with Gasteiger partial charge in [0.15, 0.2) is 11.5 Å². The molecule has 154 valence electrons. The van der Waals surface area contributed by atoms with Crippen LogP contribution in [0, 0.1) is 6.92 Å². The molecular weight excluding hydrogens is 376 g/mol. The molecule has 29 heavy (non-hydrogen) atoms. The van der Waals surface area contributed by atoms with Crippen LogP contribution in [-0.4, -0.2) is 37.5 Å². The summed E-state index contributed by atoms with van der Waals surface area (Å²) in [5.41, 5.74) is 2.34. The molecule has 0 aliphatic rings. The largest absolute Gasteiger partial charge is 0.505 e. The first kappa shape index (κ1) is 21.7. The standard InChI is InChI=1S/C21H24N2O6/c1-12-8-14(7-6-13(2)21(25)26)19(24)16(9-12)23-22-15-10-17(27-3)20(29-5)18(11-15)28-4/h6,8-11,24H,7H2,1-5H3,(H,25,26)/b13-6+,23-22?. The Morgan fingerprint density at radius 1 is 1.03 bits per heavy atom. The van der Waals surface area contributed by atoms with E-state index in [0.717, 1.165) is 5.56 Å². The van der Waals surface area contributed by atoms with Crippen LogP contribution in [0.15, 0.2) is 46.1 Å². The molecule has 0 bridgehead atoms. The highest BCUT2D eigenvalue weighted by Crippen LogP contribution is 2.41. The third-order valence-corrected chi connectivity index (χ3v) is 4.20. The topological polar surface area (TPSA) is 110 Å². The highest BCUT2D eigenvalue weighted by Gasteiger charge is 2.14. The molecule has 0 unspecified atom stereocenters. The molecule has 0 fully saturated rings. The number of aryl methyl sites for hydroxylation is 1. The van der Waals surface area contributed by atoms with Gasteiger partial charge >= 0.3 is 5.97 Å². The lowest BCUT2D eigenvalue weighted by molar-refractivity contribution is -0.132. The summed E-state index contributed by atoms with van der Waals surface area (Å²) in [5.74, 6) is 0.254. The molecule has 2 aromatic carbocycles. The van der Waals surface area contributed by atoms with E-state index < -0.39 is 5.97 Å². The summed E-state index contributed by atoms with van der Waals surface area (Å²) in [6.45, 7) is 3.36. The van der Waals surface area contributed by atoms with Crippen molar-refractivity contribution < 1.29 is 29.2 Å². The molecule has 8 nitrogen and oxygen atoms in total. The molecule has 0 radical (unpaired) electrons. The van der Waals surface area contributed by atoms with Crippen molar-refractivity contribution in [1.82, 2.24) is 0 Å². The number of benzene rings is 2. The first-order chi connectivity index (χ1) is 13.8. The number of hydrogen-bond acceptors (Lipinski definition) is 7. The Morgan fingerprint density at radius 2 is 1.66 bits per heavy atom. The van der Waals surface area contributed by atoms with Crippen LogP contribution in [0.2, 0.25) is 0 Å². The van der Waals surface area contributed by atoms with E-state index in [0.29, 0.717) is 28.5 Å². The molecule has 0 spiro atoms. The van der Waals surface area contributed by atoms with Crippen molar-refractivity contribution >= 4 is 17.3 Å². The van der Waals surface area contributed by atoms with Crippen LogP contribution in [-0.2, 0) is 11.2 Å². The van der Waals surface area contributed by atoms with Gasteiger partial charge in [0, 0.05) is 23.3 Å². The predicted octanol–water partition coefficient (Wildman–Crippen LogP) is 4.72. The minimum absolute atomic E-state index is 0.0544. The number of ether oxygens (including phenoxy) is 3. The zero-order chi connectivity index (χ0) is 21.6. The second-order valence-electron chi connectivity index (χ2n) is 6.27. The van der Waals surface area contributed by atoms with Gasteiger partial charge in [-0.3, -0.25) is 0 Å². The summed E-state index contributed by atoms with van der Waals surface area (Å²) in [6, 6.07) is 6.74. The molecule has 0 heterocycles. The molecule has 0 atom stereocenters. The molecule has 2 rings (SSSR count). The van der Waals surface area contributed by atoms with Crippen molar-refractivity contribution in [2.45, 2.75) is 20.3 Å². The van der Waals surface area contributed by atoms with Gasteiger partial charge in [-0.05, 0) is 31.9 Å². The Labute approximate surface area is 169 Å². The number of aliphatic carboxylic acids is 1. The van der Waals surface area contributed by atoms with Crippen LogP contribution in [0.25, 0.3) is 0 Å². The number of phenols is 1. The predicted molar refractivity (Wildman–Crippen MR) is 108 cm³/mol. The first-order valence-corrected chi connectivity index (χ1v) is 8.75. The number of methoxy groups -OCH3 is 3. The molecule has 8 heteroatoms. The number of azo groups is 1. The monoisotopic (exact) mass is 400 g/mol. The SMILES string of the molecule is COc1cc(N=Nc2cc(C)cc(C/C=C(\C)C(=O)O)c2O)cc(OC)c1OC. The van der Waals surface area contributed by atoms with Crippen molar-refractivity contribution in [3.05, 3.63) is 47.0 Å². The highest BCUT2D eigenvalue weighted by atomic mass is 16.5. The second-order valence-corrected chi connectivity index (χ2v) is 6.27. The molecule has 0 aliphatic heterocycles. The molecule has 0 aromatic heterocycles. The fourth-order valence-electron chi connectivity index (χ4n) is 2.65. The van der Waals surface area contributed by atoms with Crippen LogP contribution in [0.5, 0.6) is 23.0 Å². The van der Waals surface area contributed by atoms with E-state index >= 15 is 0 Å². The Morgan fingerprint density at radius 3 is 2.17 bits per heavy atom. The van der Waals surface area contributed by atoms with Gasteiger partial charge in [-0.25, -0.2) is 4.79 Å². The Kier molecular flexibility index (Phi) is 7.19. The third kappa shape index (κ3) is 5.25. The molecular formula is C21H24N2O6. The van der Waals surface area contributed by atoms with Crippen molar-refractivity contribution in [3.8, 4) is 23.0 Å². The van der Waals surface area contributed by atoms with Crippen LogP contribution in [0.1, 0.15) is 18.1 Å². The maximum atomic E-state index is 11.0. The normalized spacial score (nSPS) is 11.6. The summed E-state index contributed by atoms with van der Waals surface area (Å²) in [5, 5.41) is 27.8.